The third kappa shape index (κ3) is 3.21. The Morgan fingerprint density at radius 3 is 2.52 bits per heavy atom. The van der Waals surface area contributed by atoms with Gasteiger partial charge in [-0.05, 0) is 54.3 Å². The summed E-state index contributed by atoms with van der Waals surface area (Å²) in [4.78, 5) is 0. The molecule has 0 radical (unpaired) electrons. The van der Waals surface area contributed by atoms with Gasteiger partial charge in [0, 0.05) is 29.3 Å². The number of aromatic nitrogens is 6. The van der Waals surface area contributed by atoms with Crippen LogP contribution in [-0.4, -0.2) is 54.1 Å². The average molecular weight is 365 g/mol. The summed E-state index contributed by atoms with van der Waals surface area (Å²) in [6.07, 6.45) is 4.67. The minimum absolute atomic E-state index is 0.0850. The van der Waals surface area contributed by atoms with Gasteiger partial charge in [0.1, 0.15) is 11.9 Å². The summed E-state index contributed by atoms with van der Waals surface area (Å²) >= 11 is 0. The number of tetrazole rings is 1. The Hall–Kier alpha value is -3.07. The topological polar surface area (TPSA) is 122 Å². The van der Waals surface area contributed by atoms with E-state index in [4.69, 9.17) is 4.74 Å². The normalized spacial score (nSPS) is 24.1. The van der Waals surface area contributed by atoms with Gasteiger partial charge in [0.25, 0.3) is 0 Å². The van der Waals surface area contributed by atoms with Gasteiger partial charge in [-0.3, -0.25) is 0 Å². The Bertz CT molecular complexity index is 917. The number of nitrogens with zero attached hydrogens (tertiary/aromatic N) is 5. The van der Waals surface area contributed by atoms with Crippen LogP contribution in [-0.2, 0) is 0 Å². The predicted molar refractivity (Wildman–Crippen MR) is 95.9 cm³/mol. The molecule has 0 unspecified atom stereocenters. The SMILES string of the molecule is Oc1cc(-c2nnn[nH]2)ccc1-c1ccc(O[C@H]2C[C@H]3CC[C@@H](C2)N3)nn1. The molecule has 2 saturated heterocycles. The van der Waals surface area contributed by atoms with Crippen molar-refractivity contribution in [3.05, 3.63) is 30.3 Å². The van der Waals surface area contributed by atoms with Crippen molar-refractivity contribution in [3.63, 3.8) is 0 Å². The van der Waals surface area contributed by atoms with E-state index in [0.29, 0.717) is 40.6 Å². The summed E-state index contributed by atoms with van der Waals surface area (Å²) in [6, 6.07) is 9.92. The first-order chi connectivity index (χ1) is 13.2. The quantitative estimate of drug-likeness (QED) is 0.638. The molecule has 0 amide bonds. The number of ether oxygens (including phenoxy) is 1. The number of piperidine rings is 1. The van der Waals surface area contributed by atoms with Crippen LogP contribution in [0, 0.1) is 0 Å². The number of aromatic amines is 1. The Labute approximate surface area is 155 Å². The molecule has 1 aromatic carbocycles. The molecule has 3 atom stereocenters. The maximum absolute atomic E-state index is 10.4. The smallest absolute Gasteiger partial charge is 0.233 e. The van der Waals surface area contributed by atoms with Gasteiger partial charge in [-0.15, -0.1) is 15.3 Å². The van der Waals surface area contributed by atoms with Gasteiger partial charge in [0.15, 0.2) is 5.82 Å². The van der Waals surface area contributed by atoms with Crippen molar-refractivity contribution in [2.45, 2.75) is 43.9 Å². The molecule has 3 N–H and O–H groups in total. The van der Waals surface area contributed by atoms with E-state index in [1.54, 1.807) is 18.2 Å². The minimum Gasteiger partial charge on any atom is -0.507 e. The molecular weight excluding hydrogens is 346 g/mol. The second-order valence-corrected chi connectivity index (χ2v) is 7.09. The van der Waals surface area contributed by atoms with Gasteiger partial charge in [-0.1, -0.05) is 6.07 Å². The van der Waals surface area contributed by atoms with Crippen LogP contribution in [0.5, 0.6) is 11.6 Å². The highest BCUT2D eigenvalue weighted by molar-refractivity contribution is 5.71. The third-order valence-electron chi connectivity index (χ3n) is 5.25. The molecule has 2 fully saturated rings. The van der Waals surface area contributed by atoms with Crippen molar-refractivity contribution < 1.29 is 9.84 Å². The van der Waals surface area contributed by atoms with Crippen LogP contribution in [0.4, 0.5) is 0 Å². The maximum atomic E-state index is 10.4. The van der Waals surface area contributed by atoms with Gasteiger partial charge < -0.3 is 15.2 Å². The van der Waals surface area contributed by atoms with E-state index in [1.165, 1.54) is 12.8 Å². The lowest BCUT2D eigenvalue weighted by Gasteiger charge is -2.28. The van der Waals surface area contributed by atoms with Crippen LogP contribution in [0.2, 0.25) is 0 Å². The molecule has 0 aliphatic carbocycles. The Morgan fingerprint density at radius 1 is 1.00 bits per heavy atom. The first-order valence-electron chi connectivity index (χ1n) is 9.08. The summed E-state index contributed by atoms with van der Waals surface area (Å²) in [6.45, 7) is 0. The van der Waals surface area contributed by atoms with Crippen LogP contribution < -0.4 is 10.1 Å². The van der Waals surface area contributed by atoms with Crippen LogP contribution in [0.15, 0.2) is 30.3 Å². The predicted octanol–water partition coefficient (Wildman–Crippen LogP) is 1.69. The molecule has 2 aromatic heterocycles. The van der Waals surface area contributed by atoms with Crippen molar-refractivity contribution >= 4 is 0 Å². The Morgan fingerprint density at radius 2 is 1.85 bits per heavy atom. The number of H-pyrrole nitrogens is 1. The molecule has 0 saturated carbocycles. The Balaban J connectivity index is 1.31. The number of rotatable bonds is 4. The lowest BCUT2D eigenvalue weighted by atomic mass is 10.0. The largest absolute Gasteiger partial charge is 0.507 e. The second-order valence-electron chi connectivity index (χ2n) is 7.09. The highest BCUT2D eigenvalue weighted by Gasteiger charge is 2.34. The average Bonchev–Trinajstić information content (AvgIpc) is 3.32. The monoisotopic (exact) mass is 365 g/mol. The van der Waals surface area contributed by atoms with Crippen LogP contribution >= 0.6 is 0 Å². The lowest BCUT2D eigenvalue weighted by molar-refractivity contribution is 0.130. The zero-order valence-electron chi connectivity index (χ0n) is 14.5. The third-order valence-corrected chi connectivity index (χ3v) is 5.25. The number of hydrogen-bond acceptors (Lipinski definition) is 8. The zero-order chi connectivity index (χ0) is 18.2. The number of phenols is 1. The molecule has 9 heteroatoms. The van der Waals surface area contributed by atoms with E-state index in [1.807, 2.05) is 12.1 Å². The zero-order valence-corrected chi connectivity index (χ0v) is 14.5. The van der Waals surface area contributed by atoms with Crippen LogP contribution in [0.1, 0.15) is 25.7 Å². The van der Waals surface area contributed by atoms with E-state index < -0.39 is 0 Å². The molecule has 138 valence electrons. The molecule has 0 spiro atoms. The van der Waals surface area contributed by atoms with Gasteiger partial charge in [0.2, 0.25) is 5.88 Å². The van der Waals surface area contributed by atoms with Gasteiger partial charge in [-0.25, -0.2) is 5.10 Å². The minimum atomic E-state index is 0.0850. The standard InChI is InChI=1S/C18H19N7O2/c26-16-7-10(18-22-24-25-23-18)1-4-14(16)15-5-6-17(21-20-15)27-13-8-11-2-3-12(9-13)19-11/h1,4-7,11-13,19,26H,2-3,8-9H2,(H,22,23,24,25)/t11-,12+,13+. The van der Waals surface area contributed by atoms with E-state index in [0.717, 1.165) is 12.8 Å². The highest BCUT2D eigenvalue weighted by Crippen LogP contribution is 2.32. The van der Waals surface area contributed by atoms with Gasteiger partial charge >= 0.3 is 0 Å². The molecule has 27 heavy (non-hydrogen) atoms. The fourth-order valence-electron chi connectivity index (χ4n) is 3.98. The highest BCUT2D eigenvalue weighted by atomic mass is 16.5. The maximum Gasteiger partial charge on any atom is 0.233 e. The summed E-state index contributed by atoms with van der Waals surface area (Å²) in [7, 11) is 0. The Kier molecular flexibility index (Phi) is 3.93. The van der Waals surface area contributed by atoms with E-state index in [2.05, 4.69) is 36.1 Å². The van der Waals surface area contributed by atoms with Crippen molar-refractivity contribution in [1.82, 2.24) is 36.1 Å². The molecule has 3 aromatic rings. The van der Waals surface area contributed by atoms with Crippen LogP contribution in [0.3, 0.4) is 0 Å². The van der Waals surface area contributed by atoms with E-state index in [9.17, 15) is 5.11 Å². The van der Waals surface area contributed by atoms with Crippen molar-refractivity contribution in [1.29, 1.82) is 0 Å². The first-order valence-corrected chi connectivity index (χ1v) is 9.08. The summed E-state index contributed by atoms with van der Waals surface area (Å²) in [5, 5.41) is 35.9. The van der Waals surface area contributed by atoms with Crippen LogP contribution in [0.25, 0.3) is 22.6 Å². The van der Waals surface area contributed by atoms with Crippen molar-refractivity contribution in [2.24, 2.45) is 0 Å². The first kappa shape index (κ1) is 16.1. The van der Waals surface area contributed by atoms with Crippen molar-refractivity contribution in [2.75, 3.05) is 0 Å². The number of benzene rings is 1. The summed E-state index contributed by atoms with van der Waals surface area (Å²) < 4.78 is 6.02. The molecule has 2 bridgehead atoms. The fourth-order valence-corrected chi connectivity index (χ4v) is 3.98. The van der Waals surface area contributed by atoms with Gasteiger partial charge in [-0.2, -0.15) is 0 Å². The lowest BCUT2D eigenvalue weighted by Crippen LogP contribution is -2.42. The fraction of sp³-hybridized carbons (Fsp3) is 0.389. The molecule has 2 aliphatic heterocycles. The molecule has 9 nitrogen and oxygen atoms in total. The summed E-state index contributed by atoms with van der Waals surface area (Å²) in [5.74, 6) is 1.10. The number of aromatic hydroxyl groups is 1. The number of phenolic OH excluding ortho intramolecular Hbond substituents is 1. The molecule has 2 aliphatic rings. The number of fused-ring (bicyclic) bond motifs is 2. The second kappa shape index (κ2) is 6.58. The molecular formula is C18H19N7O2. The summed E-state index contributed by atoms with van der Waals surface area (Å²) in [5.41, 5.74) is 1.85. The van der Waals surface area contributed by atoms with Gasteiger partial charge in [0.05, 0.1) is 5.69 Å². The molecule has 5 rings (SSSR count). The molecule has 4 heterocycles. The van der Waals surface area contributed by atoms with Crippen molar-refractivity contribution in [3.8, 4) is 34.3 Å². The number of nitrogens with one attached hydrogen (secondary N) is 2. The van der Waals surface area contributed by atoms with E-state index in [-0.39, 0.29) is 11.9 Å². The van der Waals surface area contributed by atoms with E-state index >= 15 is 0 Å². The number of hydrogen-bond donors (Lipinski definition) is 3.